The standard InChI is InChI=1S/C17H14N2O3/c1-11-13-9-5-6-10-14(13)22-15(11)17(21)19-18-16(20)12-7-3-2-4-8-12/h2-10H,1H3,(H,18,20)(H,19,21). The molecule has 0 aliphatic carbocycles. The van der Waals surface area contributed by atoms with E-state index < -0.39 is 5.91 Å². The summed E-state index contributed by atoms with van der Waals surface area (Å²) in [6.07, 6.45) is 0. The van der Waals surface area contributed by atoms with Crippen molar-refractivity contribution in [3.05, 3.63) is 71.5 Å². The quantitative estimate of drug-likeness (QED) is 0.714. The normalized spacial score (nSPS) is 10.4. The molecule has 0 fully saturated rings. The Kier molecular flexibility index (Phi) is 3.62. The smallest absolute Gasteiger partial charge is 0.305 e. The first kappa shape index (κ1) is 13.9. The van der Waals surface area contributed by atoms with Crippen molar-refractivity contribution in [3.63, 3.8) is 0 Å². The van der Waals surface area contributed by atoms with Crippen LogP contribution in [-0.4, -0.2) is 11.8 Å². The van der Waals surface area contributed by atoms with Crippen LogP contribution in [0.1, 0.15) is 26.5 Å². The average Bonchev–Trinajstić information content (AvgIpc) is 2.90. The second kappa shape index (κ2) is 5.73. The molecule has 0 aliphatic rings. The van der Waals surface area contributed by atoms with Gasteiger partial charge >= 0.3 is 5.91 Å². The molecular weight excluding hydrogens is 280 g/mol. The first-order valence-electron chi connectivity index (χ1n) is 6.80. The van der Waals surface area contributed by atoms with E-state index in [1.165, 1.54) is 0 Å². The third-order valence-electron chi connectivity index (χ3n) is 3.38. The number of hydrazine groups is 1. The first-order valence-corrected chi connectivity index (χ1v) is 6.80. The van der Waals surface area contributed by atoms with E-state index >= 15 is 0 Å². The zero-order valence-corrected chi connectivity index (χ0v) is 11.9. The van der Waals surface area contributed by atoms with E-state index in [1.54, 1.807) is 37.3 Å². The van der Waals surface area contributed by atoms with Crippen LogP contribution in [0, 0.1) is 6.92 Å². The Morgan fingerprint density at radius 2 is 1.50 bits per heavy atom. The highest BCUT2D eigenvalue weighted by Crippen LogP contribution is 2.24. The molecule has 2 N–H and O–H groups in total. The summed E-state index contributed by atoms with van der Waals surface area (Å²) in [4.78, 5) is 24.0. The fourth-order valence-electron chi connectivity index (χ4n) is 2.22. The monoisotopic (exact) mass is 294 g/mol. The predicted octanol–water partition coefficient (Wildman–Crippen LogP) is 2.82. The molecule has 0 aliphatic heterocycles. The summed E-state index contributed by atoms with van der Waals surface area (Å²) in [7, 11) is 0. The minimum atomic E-state index is -0.488. The summed E-state index contributed by atoms with van der Waals surface area (Å²) >= 11 is 0. The van der Waals surface area contributed by atoms with Crippen molar-refractivity contribution in [1.82, 2.24) is 10.9 Å². The lowest BCUT2D eigenvalue weighted by atomic mass is 10.1. The summed E-state index contributed by atoms with van der Waals surface area (Å²) in [5.74, 6) is -0.685. The van der Waals surface area contributed by atoms with Crippen LogP contribution >= 0.6 is 0 Å². The Morgan fingerprint density at radius 1 is 0.864 bits per heavy atom. The lowest BCUT2D eigenvalue weighted by Crippen LogP contribution is -2.41. The number of carbonyl (C=O) groups is 2. The van der Waals surface area contributed by atoms with E-state index in [1.807, 2.05) is 24.3 Å². The van der Waals surface area contributed by atoms with Crippen LogP contribution in [0.4, 0.5) is 0 Å². The van der Waals surface area contributed by atoms with Gasteiger partial charge in [-0.1, -0.05) is 36.4 Å². The van der Waals surface area contributed by atoms with E-state index in [2.05, 4.69) is 10.9 Å². The summed E-state index contributed by atoms with van der Waals surface area (Å²) < 4.78 is 5.54. The van der Waals surface area contributed by atoms with Crippen LogP contribution < -0.4 is 10.9 Å². The highest BCUT2D eigenvalue weighted by Gasteiger charge is 2.17. The maximum atomic E-state index is 12.2. The predicted molar refractivity (Wildman–Crippen MR) is 82.3 cm³/mol. The van der Waals surface area contributed by atoms with Gasteiger partial charge in [0.05, 0.1) is 0 Å². The molecule has 22 heavy (non-hydrogen) atoms. The fourth-order valence-corrected chi connectivity index (χ4v) is 2.22. The zero-order valence-electron chi connectivity index (χ0n) is 11.9. The zero-order chi connectivity index (χ0) is 15.5. The summed E-state index contributed by atoms with van der Waals surface area (Å²) in [5.41, 5.74) is 6.58. The molecule has 0 atom stereocenters. The van der Waals surface area contributed by atoms with Crippen molar-refractivity contribution in [3.8, 4) is 0 Å². The number of nitrogens with one attached hydrogen (secondary N) is 2. The third kappa shape index (κ3) is 2.56. The molecule has 5 nitrogen and oxygen atoms in total. The minimum absolute atomic E-state index is 0.189. The molecule has 0 bridgehead atoms. The van der Waals surface area contributed by atoms with Crippen LogP contribution in [0.2, 0.25) is 0 Å². The van der Waals surface area contributed by atoms with Gasteiger partial charge in [0.2, 0.25) is 0 Å². The average molecular weight is 294 g/mol. The minimum Gasteiger partial charge on any atom is -0.451 e. The molecular formula is C17H14N2O3. The number of hydrogen-bond donors (Lipinski definition) is 2. The Bertz CT molecular complexity index is 837. The van der Waals surface area contributed by atoms with Crippen LogP contribution in [0.5, 0.6) is 0 Å². The van der Waals surface area contributed by atoms with Gasteiger partial charge in [0.25, 0.3) is 5.91 Å². The van der Waals surface area contributed by atoms with Gasteiger partial charge in [-0.2, -0.15) is 0 Å². The molecule has 1 aromatic heterocycles. The van der Waals surface area contributed by atoms with Gasteiger partial charge in [-0.15, -0.1) is 0 Å². The maximum absolute atomic E-state index is 12.2. The van der Waals surface area contributed by atoms with Crippen molar-refractivity contribution in [1.29, 1.82) is 0 Å². The number of rotatable bonds is 2. The molecule has 110 valence electrons. The van der Waals surface area contributed by atoms with E-state index in [9.17, 15) is 9.59 Å². The van der Waals surface area contributed by atoms with E-state index in [0.717, 1.165) is 10.9 Å². The van der Waals surface area contributed by atoms with Gasteiger partial charge < -0.3 is 4.42 Å². The first-order chi connectivity index (χ1) is 10.7. The Labute approximate surface area is 126 Å². The topological polar surface area (TPSA) is 71.3 Å². The van der Waals surface area contributed by atoms with E-state index in [0.29, 0.717) is 11.1 Å². The van der Waals surface area contributed by atoms with Gasteiger partial charge in [-0.25, -0.2) is 0 Å². The van der Waals surface area contributed by atoms with Gasteiger partial charge in [-0.05, 0) is 25.1 Å². The number of amides is 2. The summed E-state index contributed by atoms with van der Waals surface area (Å²) in [6, 6.07) is 16.0. The molecule has 2 aromatic carbocycles. The number of fused-ring (bicyclic) bond motifs is 1. The molecule has 1 heterocycles. The second-order valence-corrected chi connectivity index (χ2v) is 4.83. The molecule has 5 heteroatoms. The van der Waals surface area contributed by atoms with Crippen molar-refractivity contribution >= 4 is 22.8 Å². The second-order valence-electron chi connectivity index (χ2n) is 4.83. The SMILES string of the molecule is Cc1c(C(=O)NNC(=O)c2ccccc2)oc2ccccc12. The van der Waals surface area contributed by atoms with Gasteiger partial charge in [0.1, 0.15) is 5.58 Å². The highest BCUT2D eigenvalue weighted by atomic mass is 16.3. The molecule has 0 radical (unpaired) electrons. The number of furan rings is 1. The van der Waals surface area contributed by atoms with Crippen molar-refractivity contribution in [2.75, 3.05) is 0 Å². The van der Waals surface area contributed by atoms with Gasteiger partial charge in [0.15, 0.2) is 5.76 Å². The Hall–Kier alpha value is -3.08. The lowest BCUT2D eigenvalue weighted by Gasteiger charge is -2.06. The number of benzene rings is 2. The van der Waals surface area contributed by atoms with E-state index in [-0.39, 0.29) is 11.7 Å². The van der Waals surface area contributed by atoms with Crippen LogP contribution in [0.25, 0.3) is 11.0 Å². The lowest BCUT2D eigenvalue weighted by molar-refractivity contribution is 0.0831. The van der Waals surface area contributed by atoms with Crippen LogP contribution in [0.3, 0.4) is 0 Å². The molecule has 0 saturated heterocycles. The van der Waals surface area contributed by atoms with Crippen LogP contribution in [0.15, 0.2) is 59.0 Å². The molecule has 3 aromatic rings. The largest absolute Gasteiger partial charge is 0.451 e. The summed E-state index contributed by atoms with van der Waals surface area (Å²) in [5, 5.41) is 0.877. The van der Waals surface area contributed by atoms with Gasteiger partial charge in [-0.3, -0.25) is 20.4 Å². The van der Waals surface area contributed by atoms with Crippen LogP contribution in [-0.2, 0) is 0 Å². The maximum Gasteiger partial charge on any atom is 0.305 e. The third-order valence-corrected chi connectivity index (χ3v) is 3.38. The van der Waals surface area contributed by atoms with Crippen molar-refractivity contribution in [2.45, 2.75) is 6.92 Å². The summed E-state index contributed by atoms with van der Waals surface area (Å²) in [6.45, 7) is 1.81. The number of aryl methyl sites for hydroxylation is 1. The Morgan fingerprint density at radius 3 is 2.23 bits per heavy atom. The molecule has 0 unspecified atom stereocenters. The van der Waals surface area contributed by atoms with E-state index in [4.69, 9.17) is 4.42 Å². The number of para-hydroxylation sites is 1. The number of hydrogen-bond acceptors (Lipinski definition) is 3. The Balaban J connectivity index is 1.74. The molecule has 0 saturated carbocycles. The van der Waals surface area contributed by atoms with Crippen molar-refractivity contribution < 1.29 is 14.0 Å². The fraction of sp³-hybridized carbons (Fsp3) is 0.0588. The molecule has 3 rings (SSSR count). The van der Waals surface area contributed by atoms with Crippen molar-refractivity contribution in [2.24, 2.45) is 0 Å². The molecule has 2 amide bonds. The number of carbonyl (C=O) groups excluding carboxylic acids is 2. The molecule has 0 spiro atoms. The van der Waals surface area contributed by atoms with Gasteiger partial charge in [0, 0.05) is 16.5 Å². The highest BCUT2D eigenvalue weighted by molar-refractivity contribution is 6.01.